The summed E-state index contributed by atoms with van der Waals surface area (Å²) in [6.07, 6.45) is -5.48. The molecule has 0 aromatic heterocycles. The zero-order valence-corrected chi connectivity index (χ0v) is 19.8. The summed E-state index contributed by atoms with van der Waals surface area (Å²) in [5.74, 6) is 0. The van der Waals surface area contributed by atoms with Crippen LogP contribution in [0, 0.1) is 0 Å². The topological polar surface area (TPSA) is 52.0 Å². The lowest BCUT2D eigenvalue weighted by Gasteiger charge is -2.40. The minimum Gasteiger partial charge on any atom is -0.397 e. The van der Waals surface area contributed by atoms with Crippen molar-refractivity contribution in [1.29, 1.82) is 0 Å². The van der Waals surface area contributed by atoms with Crippen LogP contribution in [0.1, 0.15) is 11.1 Å². The van der Waals surface area contributed by atoms with Crippen LogP contribution in [0.15, 0.2) is 42.2 Å². The van der Waals surface area contributed by atoms with E-state index < -0.39 is 28.1 Å². The molecule has 2 rings (SSSR count). The first kappa shape index (κ1) is 23.2. The van der Waals surface area contributed by atoms with Crippen molar-refractivity contribution >= 4 is 86.7 Å². The lowest BCUT2D eigenvalue weighted by Crippen LogP contribution is -2.54. The van der Waals surface area contributed by atoms with Gasteiger partial charge in [0.2, 0.25) is 0 Å². The zero-order valence-electron chi connectivity index (χ0n) is 12.7. The smallest absolute Gasteiger partial charge is 0.397 e. The van der Waals surface area contributed by atoms with Gasteiger partial charge in [0.25, 0.3) is 0 Å². The second-order valence-corrected chi connectivity index (χ2v) is 9.34. The van der Waals surface area contributed by atoms with Crippen molar-refractivity contribution < 1.29 is 22.0 Å². The molecule has 148 valence electrons. The molecule has 12 heteroatoms. The van der Waals surface area contributed by atoms with Gasteiger partial charge in [-0.2, -0.15) is 22.0 Å². The number of halogens is 10. The summed E-state index contributed by atoms with van der Waals surface area (Å²) in [6, 6.07) is 3.45. The number of hydrogen-bond acceptors (Lipinski definition) is 2. The average Bonchev–Trinajstić information content (AvgIpc) is 2.47. The van der Waals surface area contributed by atoms with Gasteiger partial charge in [0.1, 0.15) is 0 Å². The van der Waals surface area contributed by atoms with Gasteiger partial charge < -0.3 is 11.5 Å². The van der Waals surface area contributed by atoms with Gasteiger partial charge >= 0.3 is 11.6 Å². The Kier molecular flexibility index (Phi) is 6.54. The van der Waals surface area contributed by atoms with E-state index in [0.717, 1.165) is 24.3 Å². The second-order valence-electron chi connectivity index (χ2n) is 5.45. The van der Waals surface area contributed by atoms with Gasteiger partial charge in [0, 0.05) is 17.9 Å². The van der Waals surface area contributed by atoms with Gasteiger partial charge in [-0.15, -0.1) is 0 Å². The number of benzene rings is 2. The summed E-state index contributed by atoms with van der Waals surface area (Å²) < 4.78 is 71.9. The minimum absolute atomic E-state index is 0.00464. The van der Waals surface area contributed by atoms with E-state index in [1.165, 1.54) is 0 Å². The summed E-state index contributed by atoms with van der Waals surface area (Å²) in [5.41, 5.74) is 5.96. The summed E-state index contributed by atoms with van der Waals surface area (Å²) in [5, 5.41) is -4.75. The number of nitrogen functional groups attached to an aromatic ring is 2. The first-order valence-corrected chi connectivity index (χ1v) is 10.3. The van der Waals surface area contributed by atoms with E-state index in [0.29, 0.717) is 0 Å². The molecule has 4 N–H and O–H groups in total. The van der Waals surface area contributed by atoms with E-state index >= 15 is 0 Å². The molecule has 2 aromatic carbocycles. The van der Waals surface area contributed by atoms with E-state index in [1.807, 2.05) is 0 Å². The Morgan fingerprint density at radius 1 is 0.667 bits per heavy atom. The van der Waals surface area contributed by atoms with E-state index in [9.17, 15) is 22.0 Å². The molecule has 0 fully saturated rings. The molecule has 27 heavy (non-hydrogen) atoms. The van der Waals surface area contributed by atoms with Crippen LogP contribution in [0.2, 0.25) is 0 Å². The Hall–Kier alpha value is -0.100. The number of anilines is 2. The average molecular weight is 666 g/mol. The van der Waals surface area contributed by atoms with Gasteiger partial charge in [0.15, 0.2) is 5.41 Å². The summed E-state index contributed by atoms with van der Waals surface area (Å²) >= 11 is 17.1. The van der Waals surface area contributed by atoms with E-state index in [-0.39, 0.29) is 29.3 Å². The summed E-state index contributed by atoms with van der Waals surface area (Å²) in [7, 11) is 0. The third-order valence-corrected chi connectivity index (χ3v) is 6.78. The van der Waals surface area contributed by atoms with E-state index in [4.69, 9.17) is 23.1 Å². The number of rotatable bonds is 3. The molecule has 0 atom stereocenters. The van der Waals surface area contributed by atoms with Crippen LogP contribution in [-0.2, 0) is 5.41 Å². The van der Waals surface area contributed by atoms with Gasteiger partial charge in [-0.1, -0.05) is 0 Å². The maximum Gasteiger partial charge on any atom is 0.409 e. The van der Waals surface area contributed by atoms with Crippen LogP contribution in [0.5, 0.6) is 0 Å². The molecule has 0 aliphatic heterocycles. The van der Waals surface area contributed by atoms with Crippen molar-refractivity contribution in [2.75, 3.05) is 11.5 Å². The van der Waals surface area contributed by atoms with Crippen LogP contribution in [0.25, 0.3) is 0 Å². The zero-order chi connectivity index (χ0) is 20.9. The first-order chi connectivity index (χ1) is 12.1. The largest absolute Gasteiger partial charge is 0.409 e. The third kappa shape index (κ3) is 3.86. The summed E-state index contributed by atoms with van der Waals surface area (Å²) in [6.45, 7) is 0. The first-order valence-electron chi connectivity index (χ1n) is 6.78. The molecule has 0 spiro atoms. The predicted molar refractivity (Wildman–Crippen MR) is 110 cm³/mol. The normalized spacial score (nSPS) is 13.1. The Morgan fingerprint density at radius 3 is 1.11 bits per heavy atom. The fraction of sp³-hybridized carbons (Fsp3) is 0.200. The Bertz CT molecular complexity index is 779. The van der Waals surface area contributed by atoms with Crippen molar-refractivity contribution in [3.05, 3.63) is 53.3 Å². The minimum atomic E-state index is -5.48. The SMILES string of the molecule is Nc1c(Br)cc(C(c2cc(Br)c(N)c(Br)c2)(C(F)(F)F)C(F)(F)Cl)cc1Br. The Labute approximate surface area is 189 Å². The molecule has 0 saturated carbocycles. The fourth-order valence-corrected chi connectivity index (χ4v) is 5.28. The lowest BCUT2D eigenvalue weighted by molar-refractivity contribution is -0.222. The molecule has 2 nitrogen and oxygen atoms in total. The van der Waals surface area contributed by atoms with E-state index in [2.05, 4.69) is 63.7 Å². The highest BCUT2D eigenvalue weighted by Gasteiger charge is 2.71. The monoisotopic (exact) mass is 662 g/mol. The molecule has 0 saturated heterocycles. The maximum atomic E-state index is 14.6. The molecule has 0 unspecified atom stereocenters. The van der Waals surface area contributed by atoms with Crippen LogP contribution in [0.3, 0.4) is 0 Å². The predicted octanol–water partition coefficient (Wildman–Crippen LogP) is 7.58. The van der Waals surface area contributed by atoms with Gasteiger partial charge in [0.05, 0.1) is 11.4 Å². The molecule has 2 aromatic rings. The van der Waals surface area contributed by atoms with Crippen LogP contribution < -0.4 is 11.5 Å². The van der Waals surface area contributed by atoms with E-state index in [1.54, 1.807) is 0 Å². The highest BCUT2D eigenvalue weighted by Crippen LogP contribution is 2.59. The van der Waals surface area contributed by atoms with Gasteiger partial charge in [-0.3, -0.25) is 0 Å². The second kappa shape index (κ2) is 7.62. The van der Waals surface area contributed by atoms with Crippen LogP contribution >= 0.6 is 75.3 Å². The molecular weight excluding hydrogens is 658 g/mol. The quantitative estimate of drug-likeness (QED) is 0.202. The van der Waals surface area contributed by atoms with Crippen molar-refractivity contribution in [3.8, 4) is 0 Å². The van der Waals surface area contributed by atoms with Gasteiger partial charge in [-0.25, -0.2) is 0 Å². The summed E-state index contributed by atoms with van der Waals surface area (Å²) in [4.78, 5) is 0. The molecule has 0 aliphatic carbocycles. The van der Waals surface area contributed by atoms with Gasteiger partial charge in [-0.05, 0) is 111 Å². The molecule has 0 radical (unpaired) electrons. The number of hydrogen-bond donors (Lipinski definition) is 2. The van der Waals surface area contributed by atoms with Crippen molar-refractivity contribution in [2.24, 2.45) is 0 Å². The van der Waals surface area contributed by atoms with Crippen molar-refractivity contribution in [2.45, 2.75) is 17.0 Å². The van der Waals surface area contributed by atoms with Crippen LogP contribution in [-0.4, -0.2) is 11.6 Å². The molecule has 0 aliphatic rings. The lowest BCUT2D eigenvalue weighted by atomic mass is 9.73. The highest BCUT2D eigenvalue weighted by atomic mass is 79.9. The Balaban J connectivity index is 3.06. The van der Waals surface area contributed by atoms with Crippen LogP contribution in [0.4, 0.5) is 33.3 Å². The molecule has 0 amide bonds. The third-order valence-electron chi connectivity index (χ3n) is 3.87. The molecular formula is C15H8Br4ClF5N2. The van der Waals surface area contributed by atoms with Crippen molar-refractivity contribution in [1.82, 2.24) is 0 Å². The molecule has 0 heterocycles. The Morgan fingerprint density at radius 2 is 0.926 bits per heavy atom. The fourth-order valence-electron chi connectivity index (χ4n) is 2.58. The highest BCUT2D eigenvalue weighted by molar-refractivity contribution is 9.11. The number of alkyl halides is 6. The van der Waals surface area contributed by atoms with Crippen molar-refractivity contribution in [3.63, 3.8) is 0 Å². The maximum absolute atomic E-state index is 14.6. The number of nitrogens with two attached hydrogens (primary N) is 2. The molecule has 0 bridgehead atoms. The standard InChI is InChI=1S/C15H8Br4ClF5N2/c16-7-1-5(2-8(17)11(7)26)13(14(20,21)22,15(23,24)25)6-3-9(18)12(27)10(19)4-6/h1-4H,26-27H2.